The molecule has 0 unspecified atom stereocenters. The van der Waals surface area contributed by atoms with Crippen LogP contribution in [0.3, 0.4) is 0 Å². The summed E-state index contributed by atoms with van der Waals surface area (Å²) in [6, 6.07) is 10.1. The van der Waals surface area contributed by atoms with E-state index in [1.807, 2.05) is 13.0 Å². The van der Waals surface area contributed by atoms with E-state index in [0.717, 1.165) is 16.5 Å². The van der Waals surface area contributed by atoms with E-state index in [1.54, 1.807) is 18.2 Å². The molecule has 2 N–H and O–H groups in total. The smallest absolute Gasteiger partial charge is 0.221 e. The molecule has 0 spiro atoms. The standard InChI is InChI=1S/C19H16F2N2O/c1-10-3-5-13(19(21)18(10)20)16-7-11(2)14-8-12(9-17(22)24)4-6-15(14)23-16/h3-8H,9H2,1-2H3,(H2,22,24). The molecule has 1 amide bonds. The van der Waals surface area contributed by atoms with Crippen molar-refractivity contribution in [3.63, 3.8) is 0 Å². The molecule has 5 heteroatoms. The summed E-state index contributed by atoms with van der Waals surface area (Å²) < 4.78 is 28.0. The maximum atomic E-state index is 14.2. The maximum absolute atomic E-state index is 14.2. The highest BCUT2D eigenvalue weighted by Gasteiger charge is 2.15. The van der Waals surface area contributed by atoms with Crippen LogP contribution in [-0.4, -0.2) is 10.9 Å². The topological polar surface area (TPSA) is 56.0 Å². The Labute approximate surface area is 138 Å². The summed E-state index contributed by atoms with van der Waals surface area (Å²) >= 11 is 0. The Balaban J connectivity index is 2.15. The summed E-state index contributed by atoms with van der Waals surface area (Å²) in [7, 11) is 0. The van der Waals surface area contributed by atoms with Crippen LogP contribution in [0.25, 0.3) is 22.2 Å². The molecule has 0 aliphatic rings. The fourth-order valence-corrected chi connectivity index (χ4v) is 2.73. The summed E-state index contributed by atoms with van der Waals surface area (Å²) in [4.78, 5) is 15.5. The van der Waals surface area contributed by atoms with E-state index in [4.69, 9.17) is 5.73 Å². The fraction of sp³-hybridized carbons (Fsp3) is 0.158. The van der Waals surface area contributed by atoms with Crippen LogP contribution in [0.2, 0.25) is 0 Å². The van der Waals surface area contributed by atoms with Crippen molar-refractivity contribution >= 4 is 16.8 Å². The minimum Gasteiger partial charge on any atom is -0.369 e. The zero-order chi connectivity index (χ0) is 17.4. The molecule has 3 rings (SSSR count). The number of amides is 1. The van der Waals surface area contributed by atoms with Gasteiger partial charge in [0, 0.05) is 10.9 Å². The summed E-state index contributed by atoms with van der Waals surface area (Å²) in [6.07, 6.45) is 0.148. The van der Waals surface area contributed by atoms with Crippen molar-refractivity contribution in [3.05, 3.63) is 64.7 Å². The number of pyridine rings is 1. The molecular weight excluding hydrogens is 310 g/mol. The molecule has 3 aromatic rings. The lowest BCUT2D eigenvalue weighted by atomic mass is 10.0. The molecule has 1 aromatic heterocycles. The Morgan fingerprint density at radius 3 is 2.50 bits per heavy atom. The molecule has 0 aliphatic heterocycles. The van der Waals surface area contributed by atoms with Gasteiger partial charge in [-0.25, -0.2) is 13.8 Å². The molecule has 0 saturated carbocycles. The van der Waals surface area contributed by atoms with Gasteiger partial charge in [0.05, 0.1) is 17.6 Å². The Morgan fingerprint density at radius 1 is 1.04 bits per heavy atom. The average Bonchev–Trinajstić information content (AvgIpc) is 2.52. The maximum Gasteiger partial charge on any atom is 0.221 e. The van der Waals surface area contributed by atoms with Crippen LogP contribution in [0.4, 0.5) is 8.78 Å². The van der Waals surface area contributed by atoms with Gasteiger partial charge in [-0.05, 0) is 54.8 Å². The van der Waals surface area contributed by atoms with Crippen LogP contribution in [0.1, 0.15) is 16.7 Å². The second-order valence-corrected chi connectivity index (χ2v) is 5.88. The second-order valence-electron chi connectivity index (χ2n) is 5.88. The molecule has 0 fully saturated rings. The number of hydrogen-bond acceptors (Lipinski definition) is 2. The van der Waals surface area contributed by atoms with E-state index in [9.17, 15) is 13.6 Å². The van der Waals surface area contributed by atoms with E-state index in [0.29, 0.717) is 11.2 Å². The molecule has 24 heavy (non-hydrogen) atoms. The van der Waals surface area contributed by atoms with E-state index < -0.39 is 17.5 Å². The van der Waals surface area contributed by atoms with Crippen molar-refractivity contribution in [2.24, 2.45) is 5.73 Å². The van der Waals surface area contributed by atoms with Gasteiger partial charge >= 0.3 is 0 Å². The molecule has 3 nitrogen and oxygen atoms in total. The number of primary amides is 1. The first-order chi connectivity index (χ1) is 11.4. The van der Waals surface area contributed by atoms with Gasteiger partial charge in [-0.2, -0.15) is 0 Å². The van der Waals surface area contributed by atoms with E-state index in [1.165, 1.54) is 19.1 Å². The normalized spacial score (nSPS) is 11.0. The van der Waals surface area contributed by atoms with Crippen LogP contribution in [0, 0.1) is 25.5 Å². The molecule has 2 aromatic carbocycles. The quantitative estimate of drug-likeness (QED) is 0.795. The number of benzene rings is 2. The Hall–Kier alpha value is -2.82. The Bertz CT molecular complexity index is 967. The number of carbonyl (C=O) groups excluding carboxylic acids is 1. The Kier molecular flexibility index (Phi) is 4.01. The van der Waals surface area contributed by atoms with Crippen molar-refractivity contribution in [2.45, 2.75) is 20.3 Å². The van der Waals surface area contributed by atoms with Crippen molar-refractivity contribution < 1.29 is 13.6 Å². The molecule has 122 valence electrons. The van der Waals surface area contributed by atoms with Crippen molar-refractivity contribution in [2.75, 3.05) is 0 Å². The van der Waals surface area contributed by atoms with Crippen LogP contribution < -0.4 is 5.73 Å². The average molecular weight is 326 g/mol. The number of nitrogens with two attached hydrogens (primary N) is 1. The van der Waals surface area contributed by atoms with Gasteiger partial charge in [-0.1, -0.05) is 12.1 Å². The lowest BCUT2D eigenvalue weighted by Crippen LogP contribution is -2.13. The van der Waals surface area contributed by atoms with Crippen LogP contribution in [0.5, 0.6) is 0 Å². The van der Waals surface area contributed by atoms with Crippen LogP contribution in [0.15, 0.2) is 36.4 Å². The van der Waals surface area contributed by atoms with Gasteiger partial charge in [-0.3, -0.25) is 4.79 Å². The van der Waals surface area contributed by atoms with Gasteiger partial charge < -0.3 is 5.73 Å². The first kappa shape index (κ1) is 16.1. The number of fused-ring (bicyclic) bond motifs is 1. The zero-order valence-electron chi connectivity index (χ0n) is 13.4. The number of aromatic nitrogens is 1. The van der Waals surface area contributed by atoms with Gasteiger partial charge in [0.2, 0.25) is 5.91 Å². The van der Waals surface area contributed by atoms with E-state index in [2.05, 4.69) is 4.98 Å². The van der Waals surface area contributed by atoms with E-state index >= 15 is 0 Å². The predicted molar refractivity (Wildman–Crippen MR) is 89.5 cm³/mol. The highest BCUT2D eigenvalue weighted by atomic mass is 19.2. The number of nitrogens with zero attached hydrogens (tertiary/aromatic N) is 1. The predicted octanol–water partition coefficient (Wildman–Crippen LogP) is 3.82. The third-order valence-electron chi connectivity index (χ3n) is 4.01. The Morgan fingerprint density at radius 2 is 1.79 bits per heavy atom. The molecular formula is C19H16F2N2O. The number of rotatable bonds is 3. The first-order valence-electron chi connectivity index (χ1n) is 7.50. The number of carbonyl (C=O) groups is 1. The molecule has 0 radical (unpaired) electrons. The van der Waals surface area contributed by atoms with Crippen LogP contribution in [-0.2, 0) is 11.2 Å². The van der Waals surface area contributed by atoms with Gasteiger partial charge in [0.25, 0.3) is 0 Å². The lowest BCUT2D eigenvalue weighted by Gasteiger charge is -2.10. The van der Waals surface area contributed by atoms with Crippen molar-refractivity contribution in [1.82, 2.24) is 4.98 Å². The minimum atomic E-state index is -0.897. The van der Waals surface area contributed by atoms with E-state index in [-0.39, 0.29) is 17.5 Å². The lowest BCUT2D eigenvalue weighted by molar-refractivity contribution is -0.117. The SMILES string of the molecule is Cc1ccc(-c2cc(C)c3cc(CC(N)=O)ccc3n2)c(F)c1F. The monoisotopic (exact) mass is 326 g/mol. The van der Waals surface area contributed by atoms with Crippen molar-refractivity contribution in [3.8, 4) is 11.3 Å². The molecule has 0 atom stereocenters. The fourth-order valence-electron chi connectivity index (χ4n) is 2.73. The zero-order valence-corrected chi connectivity index (χ0v) is 13.4. The second kappa shape index (κ2) is 6.00. The molecule has 0 aliphatic carbocycles. The highest BCUT2D eigenvalue weighted by molar-refractivity contribution is 5.87. The summed E-state index contributed by atoms with van der Waals surface area (Å²) in [5, 5.41) is 0.852. The minimum absolute atomic E-state index is 0.129. The largest absolute Gasteiger partial charge is 0.369 e. The number of aryl methyl sites for hydroxylation is 2. The summed E-state index contributed by atoms with van der Waals surface area (Å²) in [5.41, 5.74) is 8.28. The van der Waals surface area contributed by atoms with Gasteiger partial charge in [0.1, 0.15) is 0 Å². The van der Waals surface area contributed by atoms with Crippen LogP contribution >= 0.6 is 0 Å². The number of hydrogen-bond donors (Lipinski definition) is 1. The first-order valence-corrected chi connectivity index (χ1v) is 7.50. The summed E-state index contributed by atoms with van der Waals surface area (Å²) in [6.45, 7) is 3.38. The number of halogens is 2. The van der Waals surface area contributed by atoms with Gasteiger partial charge in [-0.15, -0.1) is 0 Å². The highest BCUT2D eigenvalue weighted by Crippen LogP contribution is 2.29. The van der Waals surface area contributed by atoms with Gasteiger partial charge in [0.15, 0.2) is 11.6 Å². The third kappa shape index (κ3) is 2.85. The summed E-state index contributed by atoms with van der Waals surface area (Å²) in [5.74, 6) is -2.16. The molecule has 1 heterocycles. The third-order valence-corrected chi connectivity index (χ3v) is 4.01. The molecule has 0 saturated heterocycles. The molecule has 0 bridgehead atoms. The van der Waals surface area contributed by atoms with Crippen molar-refractivity contribution in [1.29, 1.82) is 0 Å².